The highest BCUT2D eigenvalue weighted by molar-refractivity contribution is 7.89. The average molecular weight is 497 g/mol. The van der Waals surface area contributed by atoms with Crippen LogP contribution in [0.3, 0.4) is 0 Å². The number of rotatable bonds is 7. The van der Waals surface area contributed by atoms with Gasteiger partial charge in [0.2, 0.25) is 15.9 Å². The van der Waals surface area contributed by atoms with Gasteiger partial charge in [0.15, 0.2) is 0 Å². The second-order valence-corrected chi connectivity index (χ2v) is 9.48. The lowest BCUT2D eigenvalue weighted by Crippen LogP contribution is -2.45. The Kier molecular flexibility index (Phi) is 7.46. The Balaban J connectivity index is 1.91. The van der Waals surface area contributed by atoms with Crippen LogP contribution in [0.5, 0.6) is 0 Å². The fourth-order valence-electron chi connectivity index (χ4n) is 3.03. The molecule has 0 saturated heterocycles. The van der Waals surface area contributed by atoms with E-state index in [1.54, 1.807) is 49.4 Å². The number of hydrogen-bond acceptors (Lipinski definition) is 3. The molecule has 0 aliphatic carbocycles. The fourth-order valence-corrected chi connectivity index (χ4v) is 4.39. The third-order valence-corrected chi connectivity index (χ3v) is 6.60. The summed E-state index contributed by atoms with van der Waals surface area (Å²) in [5.41, 5.74) is 0.234. The summed E-state index contributed by atoms with van der Waals surface area (Å²) < 4.78 is 67.4. The predicted molar refractivity (Wildman–Crippen MR) is 121 cm³/mol. The summed E-state index contributed by atoms with van der Waals surface area (Å²) in [6, 6.07) is 15.8. The van der Waals surface area contributed by atoms with E-state index in [1.165, 1.54) is 12.1 Å². The van der Waals surface area contributed by atoms with Crippen LogP contribution in [-0.2, 0) is 27.4 Å². The molecule has 33 heavy (non-hydrogen) atoms. The summed E-state index contributed by atoms with van der Waals surface area (Å²) in [4.78, 5) is 13.0. The first-order chi connectivity index (χ1) is 15.5. The number of aryl methyl sites for hydroxylation is 1. The molecule has 0 aliphatic heterocycles. The highest BCUT2D eigenvalue weighted by Gasteiger charge is 2.32. The van der Waals surface area contributed by atoms with Crippen LogP contribution < -0.4 is 10.0 Å². The Bertz CT molecular complexity index is 1230. The number of nitrogens with one attached hydrogen (secondary N) is 2. The maximum atomic E-state index is 13.1. The van der Waals surface area contributed by atoms with E-state index in [0.29, 0.717) is 11.6 Å². The third kappa shape index (κ3) is 6.56. The minimum Gasteiger partial charge on any atom is -0.323 e. The zero-order valence-corrected chi connectivity index (χ0v) is 18.9. The average Bonchev–Trinajstić information content (AvgIpc) is 2.75. The van der Waals surface area contributed by atoms with E-state index in [1.807, 2.05) is 0 Å². The summed E-state index contributed by atoms with van der Waals surface area (Å²) >= 11 is 5.98. The van der Waals surface area contributed by atoms with Gasteiger partial charge in [-0.2, -0.15) is 17.9 Å². The minimum atomic E-state index is -4.64. The lowest BCUT2D eigenvalue weighted by atomic mass is 10.1. The van der Waals surface area contributed by atoms with Gasteiger partial charge in [0.05, 0.1) is 21.2 Å². The Labute approximate surface area is 194 Å². The van der Waals surface area contributed by atoms with E-state index in [0.717, 1.165) is 17.7 Å². The van der Waals surface area contributed by atoms with Crippen LogP contribution in [0.15, 0.2) is 77.7 Å². The number of carbonyl (C=O) groups is 1. The molecule has 3 aromatic rings. The Morgan fingerprint density at radius 1 is 1.00 bits per heavy atom. The standard InChI is InChI=1S/C23H20ClF3N2O3S/c1-15-7-10-18(11-8-15)33(31,32)29-21(13-16-5-3-2-4-6-16)22(30)28-20-14-17(23(25,26)27)9-12-19(20)24/h2-12,14,21,29H,13H2,1H3,(H,28,30)/t21-/m0/s1. The molecule has 1 atom stereocenters. The normalized spacial score (nSPS) is 12.9. The monoisotopic (exact) mass is 496 g/mol. The van der Waals surface area contributed by atoms with Crippen molar-refractivity contribution >= 4 is 33.2 Å². The summed E-state index contributed by atoms with van der Waals surface area (Å²) in [7, 11) is -4.10. The van der Waals surface area contributed by atoms with Crippen LogP contribution in [0.25, 0.3) is 0 Å². The topological polar surface area (TPSA) is 75.3 Å². The van der Waals surface area contributed by atoms with Gasteiger partial charge in [-0.15, -0.1) is 0 Å². The number of hydrogen-bond donors (Lipinski definition) is 2. The van der Waals surface area contributed by atoms with Gasteiger partial charge in [-0.1, -0.05) is 59.6 Å². The van der Waals surface area contributed by atoms with Gasteiger partial charge in [0, 0.05) is 0 Å². The van der Waals surface area contributed by atoms with Gasteiger partial charge >= 0.3 is 6.18 Å². The molecule has 0 aliphatic rings. The van der Waals surface area contributed by atoms with E-state index < -0.39 is 33.7 Å². The summed E-state index contributed by atoms with van der Waals surface area (Å²) in [5.74, 6) is -0.851. The molecule has 0 radical (unpaired) electrons. The van der Waals surface area contributed by atoms with Crippen molar-refractivity contribution in [1.82, 2.24) is 4.72 Å². The number of anilines is 1. The summed E-state index contributed by atoms with van der Waals surface area (Å²) in [6.45, 7) is 1.80. The maximum absolute atomic E-state index is 13.1. The van der Waals surface area contributed by atoms with Crippen LogP contribution in [0.1, 0.15) is 16.7 Å². The van der Waals surface area contributed by atoms with Gasteiger partial charge < -0.3 is 5.32 Å². The van der Waals surface area contributed by atoms with Crippen LogP contribution in [0, 0.1) is 6.92 Å². The molecule has 2 N–H and O–H groups in total. The molecule has 1 amide bonds. The van der Waals surface area contributed by atoms with Gasteiger partial charge in [-0.3, -0.25) is 4.79 Å². The number of alkyl halides is 3. The lowest BCUT2D eigenvalue weighted by Gasteiger charge is -2.20. The Morgan fingerprint density at radius 2 is 1.64 bits per heavy atom. The van der Waals surface area contributed by atoms with Crippen molar-refractivity contribution in [1.29, 1.82) is 0 Å². The predicted octanol–water partition coefficient (Wildman–Crippen LogP) is 5.20. The van der Waals surface area contributed by atoms with Gasteiger partial charge in [-0.05, 0) is 49.2 Å². The van der Waals surface area contributed by atoms with Crippen molar-refractivity contribution in [2.45, 2.75) is 30.5 Å². The molecule has 10 heteroatoms. The summed E-state index contributed by atoms with van der Waals surface area (Å²) in [5, 5.41) is 2.21. The molecule has 0 bridgehead atoms. The number of sulfonamides is 1. The second-order valence-electron chi connectivity index (χ2n) is 7.36. The highest BCUT2D eigenvalue weighted by atomic mass is 35.5. The van der Waals surface area contributed by atoms with Gasteiger partial charge in [-0.25, -0.2) is 8.42 Å². The van der Waals surface area contributed by atoms with E-state index in [9.17, 15) is 26.4 Å². The first-order valence-electron chi connectivity index (χ1n) is 9.76. The Morgan fingerprint density at radius 3 is 2.24 bits per heavy atom. The SMILES string of the molecule is Cc1ccc(S(=O)(=O)N[C@@H](Cc2ccccc2)C(=O)Nc2cc(C(F)(F)F)ccc2Cl)cc1. The molecule has 5 nitrogen and oxygen atoms in total. The molecular weight excluding hydrogens is 477 g/mol. The number of benzene rings is 3. The molecule has 3 rings (SSSR count). The fraction of sp³-hybridized carbons (Fsp3) is 0.174. The zero-order valence-electron chi connectivity index (χ0n) is 17.4. The second kappa shape index (κ2) is 9.94. The van der Waals surface area contributed by atoms with E-state index in [-0.39, 0.29) is 22.0 Å². The maximum Gasteiger partial charge on any atom is 0.416 e. The van der Waals surface area contributed by atoms with Crippen molar-refractivity contribution in [3.8, 4) is 0 Å². The van der Waals surface area contributed by atoms with Crippen molar-refractivity contribution in [2.24, 2.45) is 0 Å². The van der Waals surface area contributed by atoms with Crippen LogP contribution in [0.2, 0.25) is 5.02 Å². The quantitative estimate of drug-likeness (QED) is 0.472. The van der Waals surface area contributed by atoms with Crippen LogP contribution in [0.4, 0.5) is 18.9 Å². The van der Waals surface area contributed by atoms with Crippen molar-refractivity contribution in [2.75, 3.05) is 5.32 Å². The van der Waals surface area contributed by atoms with Crippen LogP contribution in [-0.4, -0.2) is 20.4 Å². The van der Waals surface area contributed by atoms with Crippen molar-refractivity contribution < 1.29 is 26.4 Å². The Hall–Kier alpha value is -2.88. The number of amides is 1. The largest absolute Gasteiger partial charge is 0.416 e. The highest BCUT2D eigenvalue weighted by Crippen LogP contribution is 2.34. The molecular formula is C23H20ClF3N2O3S. The smallest absolute Gasteiger partial charge is 0.323 e. The summed E-state index contributed by atoms with van der Waals surface area (Å²) in [6.07, 6.45) is -4.67. The van der Waals surface area contributed by atoms with E-state index >= 15 is 0 Å². The van der Waals surface area contributed by atoms with Crippen molar-refractivity contribution in [3.63, 3.8) is 0 Å². The number of carbonyl (C=O) groups excluding carboxylic acids is 1. The molecule has 0 saturated carbocycles. The third-order valence-electron chi connectivity index (χ3n) is 4.78. The molecule has 0 heterocycles. The van der Waals surface area contributed by atoms with Gasteiger partial charge in [0.25, 0.3) is 0 Å². The molecule has 0 fully saturated rings. The molecule has 0 aromatic heterocycles. The van der Waals surface area contributed by atoms with E-state index in [2.05, 4.69) is 10.0 Å². The molecule has 0 unspecified atom stereocenters. The lowest BCUT2D eigenvalue weighted by molar-refractivity contribution is -0.137. The molecule has 0 spiro atoms. The first kappa shape index (κ1) is 24.8. The zero-order chi connectivity index (χ0) is 24.2. The molecule has 174 valence electrons. The van der Waals surface area contributed by atoms with Crippen molar-refractivity contribution in [3.05, 3.63) is 94.5 Å². The first-order valence-corrected chi connectivity index (χ1v) is 11.6. The minimum absolute atomic E-state index is 0.0334. The molecule has 3 aromatic carbocycles. The number of halogens is 4. The van der Waals surface area contributed by atoms with Crippen LogP contribution >= 0.6 is 11.6 Å². The van der Waals surface area contributed by atoms with E-state index in [4.69, 9.17) is 11.6 Å². The van der Waals surface area contributed by atoms with Gasteiger partial charge in [0.1, 0.15) is 6.04 Å².